The molecule has 96 heavy (non-hydrogen) atoms. The second-order valence-electron chi connectivity index (χ2n) is 23.8. The molecule has 18 aromatic rings. The van der Waals surface area contributed by atoms with Crippen LogP contribution in [-0.2, 0) is 0 Å². The summed E-state index contributed by atoms with van der Waals surface area (Å²) in [6.45, 7) is 0. The van der Waals surface area contributed by atoms with E-state index in [0.717, 1.165) is 99.7 Å². The number of hydrogen-bond acceptors (Lipinski definition) is 6. The summed E-state index contributed by atoms with van der Waals surface area (Å²) in [4.78, 5) is 29.0. The first-order valence-electron chi connectivity index (χ1n) is 34.4. The molecule has 0 aliphatic rings. The van der Waals surface area contributed by atoms with Gasteiger partial charge in [0.2, 0.25) is 0 Å². The molecule has 0 atom stereocenters. The van der Waals surface area contributed by atoms with E-state index in [1.54, 1.807) is 12.4 Å². The predicted molar refractivity (Wildman–Crippen MR) is 399 cm³/mol. The van der Waals surface area contributed by atoms with Crippen molar-refractivity contribution < 1.29 is 6.85 Å². The van der Waals surface area contributed by atoms with Gasteiger partial charge in [0.25, 0.3) is 0 Å². The van der Waals surface area contributed by atoms with E-state index in [9.17, 15) is 0 Å². The van der Waals surface area contributed by atoms with Gasteiger partial charge in [0, 0.05) is 74.7 Å². The normalized spacial score (nSPS) is 12.1. The van der Waals surface area contributed by atoms with Gasteiger partial charge in [0.05, 0.1) is 29.6 Å². The van der Waals surface area contributed by atoms with Gasteiger partial charge in [-0.25, -0.2) is 19.9 Å². The molecule has 0 amide bonds. The lowest BCUT2D eigenvalue weighted by atomic mass is 9.92. The van der Waals surface area contributed by atoms with Crippen molar-refractivity contribution in [3.8, 4) is 112 Å². The maximum Gasteiger partial charge on any atom is 0.160 e. The molecule has 0 aliphatic carbocycles. The zero-order valence-corrected chi connectivity index (χ0v) is 51.8. The Morgan fingerprint density at radius 3 is 1.16 bits per heavy atom. The molecular weight excluding hydrogens is 1170 g/mol. The number of hydrogen-bond donors (Lipinski definition) is 0. The SMILES string of the molecule is [2H]c1c([2H])c([2H])c(-c2nc(-c3cccc(-c4cccnc4)c3)cc(-c3cccc(-c4cc5ccccc5c5ccccc45)c3)n2)c([2H])c1[2H].c1cc(-c2cc(-c3cccc(-c4cc5ccccc5c5ccccc45)c3)nc(-c3ccc4ccccc4c3)n2)cc(-c2cncc3ccccc23)c1. The topological polar surface area (TPSA) is 77.3 Å². The smallest absolute Gasteiger partial charge is 0.160 e. The van der Waals surface area contributed by atoms with Crippen molar-refractivity contribution >= 4 is 64.6 Å². The molecule has 6 heteroatoms. The van der Waals surface area contributed by atoms with Gasteiger partial charge in [0.15, 0.2) is 11.6 Å². The molecule has 0 fully saturated rings. The molecule has 0 unspecified atom stereocenters. The molecule has 6 nitrogen and oxygen atoms in total. The minimum absolute atomic E-state index is 0.0470. The number of benzene rings is 14. The van der Waals surface area contributed by atoms with Crippen molar-refractivity contribution in [3.63, 3.8) is 0 Å². The van der Waals surface area contributed by atoms with Crippen molar-refractivity contribution in [3.05, 3.63) is 352 Å². The standard InChI is InChI=1S/C49H31N3.C41H27N3/c1-2-12-33-25-39(24-23-32(33)11-1)49-51-47(29-48(52-49)38-18-10-16-35(27-38)46-31-50-30-40-14-4-6-20-42(40)46)37-17-9-15-34(26-37)45-28-36-13-3-5-19-41(36)43-21-7-8-22-44(43)45;1-2-11-28(12-3-1)41-43-39(32-16-8-14-29(23-32)34-18-10-22-42-27-34)26-40(44-41)33-17-9-15-30(24-33)38-25-31-13-4-5-19-35(31)36-20-6-7-21-37(36)38/h1-31H;1-27H/i;1D,2D,3D,11D,12D. The first-order valence-corrected chi connectivity index (χ1v) is 31.9. The van der Waals surface area contributed by atoms with E-state index in [2.05, 4.69) is 240 Å². The van der Waals surface area contributed by atoms with Crippen molar-refractivity contribution in [1.29, 1.82) is 0 Å². The van der Waals surface area contributed by atoms with Crippen molar-refractivity contribution in [2.45, 2.75) is 0 Å². The van der Waals surface area contributed by atoms with Crippen LogP contribution in [0.5, 0.6) is 0 Å². The predicted octanol–water partition coefficient (Wildman–Crippen LogP) is 23.3. The van der Waals surface area contributed by atoms with Gasteiger partial charge in [-0.15, -0.1) is 0 Å². The van der Waals surface area contributed by atoms with Crippen molar-refractivity contribution in [1.82, 2.24) is 29.9 Å². The van der Waals surface area contributed by atoms with Crippen LogP contribution < -0.4 is 0 Å². The third kappa shape index (κ3) is 11.1. The summed E-state index contributed by atoms with van der Waals surface area (Å²) < 4.78 is 42.2. The molecule has 0 N–H and O–H groups in total. The van der Waals surface area contributed by atoms with Crippen LogP contribution in [0.15, 0.2) is 352 Å². The highest BCUT2D eigenvalue weighted by atomic mass is 14.9. The molecule has 18 rings (SSSR count). The molecule has 0 saturated carbocycles. The third-order valence-electron chi connectivity index (χ3n) is 17.9. The second kappa shape index (κ2) is 25.0. The van der Waals surface area contributed by atoms with E-state index in [1.807, 2.05) is 79.1 Å². The number of rotatable bonds is 10. The fourth-order valence-electron chi connectivity index (χ4n) is 13.3. The first kappa shape index (κ1) is 51.7. The number of aromatic nitrogens is 6. The Kier molecular flexibility index (Phi) is 13.4. The monoisotopic (exact) mass is 1230 g/mol. The lowest BCUT2D eigenvalue weighted by Gasteiger charge is -2.14. The maximum absolute atomic E-state index is 8.70. The zero-order chi connectivity index (χ0) is 68.1. The van der Waals surface area contributed by atoms with Crippen molar-refractivity contribution in [2.75, 3.05) is 0 Å². The van der Waals surface area contributed by atoms with Crippen LogP contribution >= 0.6 is 0 Å². The van der Waals surface area contributed by atoms with E-state index in [1.165, 1.54) is 48.7 Å². The summed E-state index contributed by atoms with van der Waals surface area (Å²) >= 11 is 0. The van der Waals surface area contributed by atoms with Crippen LogP contribution in [-0.4, -0.2) is 29.9 Å². The van der Waals surface area contributed by atoms with Crippen LogP contribution in [0.3, 0.4) is 0 Å². The molecule has 0 radical (unpaired) electrons. The van der Waals surface area contributed by atoms with E-state index in [0.29, 0.717) is 17.2 Å². The lowest BCUT2D eigenvalue weighted by Crippen LogP contribution is -1.96. The Balaban J connectivity index is 0.000000151. The van der Waals surface area contributed by atoms with E-state index >= 15 is 0 Å². The summed E-state index contributed by atoms with van der Waals surface area (Å²) in [5.41, 5.74) is 16.0. The van der Waals surface area contributed by atoms with Gasteiger partial charge in [-0.2, -0.15) is 0 Å². The number of pyridine rings is 2. The Labute approximate surface area is 562 Å². The van der Waals surface area contributed by atoms with Gasteiger partial charge in [-0.1, -0.05) is 267 Å². The maximum atomic E-state index is 8.70. The number of fused-ring (bicyclic) bond motifs is 8. The van der Waals surface area contributed by atoms with Gasteiger partial charge in [-0.05, 0) is 153 Å². The first-order chi connectivity index (χ1) is 49.6. The highest BCUT2D eigenvalue weighted by Gasteiger charge is 2.18. The molecular formula is C90H58N6. The molecule has 0 bridgehead atoms. The molecule has 14 aromatic carbocycles. The number of nitrogens with zero attached hydrogens (tertiary/aromatic N) is 6. The van der Waals surface area contributed by atoms with E-state index in [4.69, 9.17) is 26.8 Å². The van der Waals surface area contributed by atoms with Crippen LogP contribution in [0.25, 0.3) is 177 Å². The minimum Gasteiger partial charge on any atom is -0.264 e. The Hall–Kier alpha value is -12.9. The van der Waals surface area contributed by atoms with E-state index < -0.39 is 18.1 Å². The molecule has 4 aromatic heterocycles. The van der Waals surface area contributed by atoms with Crippen LogP contribution in [0.1, 0.15) is 6.85 Å². The summed E-state index contributed by atoms with van der Waals surface area (Å²) in [7, 11) is 0. The quantitative estimate of drug-likeness (QED) is 0.127. The summed E-state index contributed by atoms with van der Waals surface area (Å²) in [5, 5.41) is 14.3. The van der Waals surface area contributed by atoms with E-state index in [-0.39, 0.29) is 23.5 Å². The fraction of sp³-hybridized carbons (Fsp3) is 0. The largest absolute Gasteiger partial charge is 0.264 e. The molecule has 4 heterocycles. The average molecular weight is 1230 g/mol. The van der Waals surface area contributed by atoms with Crippen LogP contribution in [0.2, 0.25) is 0 Å². The highest BCUT2D eigenvalue weighted by Crippen LogP contribution is 2.41. The average Bonchev–Trinajstić information content (AvgIpc) is 0.771. The summed E-state index contributed by atoms with van der Waals surface area (Å²) in [6, 6.07) is 101. The Morgan fingerprint density at radius 1 is 0.208 bits per heavy atom. The van der Waals surface area contributed by atoms with Crippen LogP contribution in [0.4, 0.5) is 0 Å². The highest BCUT2D eigenvalue weighted by molar-refractivity contribution is 6.15. The van der Waals surface area contributed by atoms with Gasteiger partial charge in [0.1, 0.15) is 0 Å². The Morgan fingerprint density at radius 2 is 0.625 bits per heavy atom. The fourth-order valence-corrected chi connectivity index (χ4v) is 13.3. The molecule has 0 saturated heterocycles. The van der Waals surface area contributed by atoms with Crippen molar-refractivity contribution in [2.24, 2.45) is 0 Å². The third-order valence-corrected chi connectivity index (χ3v) is 17.9. The summed E-state index contributed by atoms with van der Waals surface area (Å²) in [5.74, 6) is 0.745. The second-order valence-corrected chi connectivity index (χ2v) is 23.8. The summed E-state index contributed by atoms with van der Waals surface area (Å²) in [6.07, 6.45) is 7.40. The van der Waals surface area contributed by atoms with Gasteiger partial charge >= 0.3 is 0 Å². The Bertz CT molecular complexity index is 6280. The van der Waals surface area contributed by atoms with Crippen LogP contribution in [0, 0.1) is 0 Å². The lowest BCUT2D eigenvalue weighted by molar-refractivity contribution is 1.18. The molecule has 0 spiro atoms. The van der Waals surface area contributed by atoms with Gasteiger partial charge < -0.3 is 0 Å². The molecule has 0 aliphatic heterocycles. The van der Waals surface area contributed by atoms with Gasteiger partial charge in [-0.3, -0.25) is 9.97 Å². The minimum atomic E-state index is -0.463. The zero-order valence-electron chi connectivity index (χ0n) is 56.8. The molecule has 448 valence electrons.